The van der Waals surface area contributed by atoms with Crippen LogP contribution in [-0.4, -0.2) is 18.9 Å². The largest absolute Gasteiger partial charge is 0.468 e. The standard InChI is InChI=1S/C11H16O3/c1-14-11(13)10-8-5-3-2-4-7(8)6-9(10)12/h7-8,10H,2-6H2,1H3/t7-,8-,10-/m1/s1. The van der Waals surface area contributed by atoms with Gasteiger partial charge in [-0.3, -0.25) is 9.59 Å². The second kappa shape index (κ2) is 3.71. The van der Waals surface area contributed by atoms with Gasteiger partial charge in [0.15, 0.2) is 0 Å². The fraction of sp³-hybridized carbons (Fsp3) is 0.818. The molecule has 0 unspecified atom stereocenters. The second-order valence-corrected chi connectivity index (χ2v) is 4.38. The molecular weight excluding hydrogens is 180 g/mol. The molecule has 0 saturated heterocycles. The topological polar surface area (TPSA) is 43.4 Å². The molecule has 2 fully saturated rings. The van der Waals surface area contributed by atoms with Gasteiger partial charge in [-0.1, -0.05) is 12.8 Å². The first-order valence-corrected chi connectivity index (χ1v) is 5.34. The Hall–Kier alpha value is -0.860. The Labute approximate surface area is 83.8 Å². The van der Waals surface area contributed by atoms with Crippen LogP contribution in [-0.2, 0) is 14.3 Å². The Kier molecular flexibility index (Phi) is 2.57. The highest BCUT2D eigenvalue weighted by Crippen LogP contribution is 2.44. The highest BCUT2D eigenvalue weighted by Gasteiger charge is 2.47. The SMILES string of the molecule is COC(=O)[C@H]1C(=O)C[C@H]2CCCC[C@H]21. The van der Waals surface area contributed by atoms with Crippen LogP contribution in [0.4, 0.5) is 0 Å². The van der Waals surface area contributed by atoms with Crippen LogP contribution in [0.15, 0.2) is 0 Å². The molecule has 0 amide bonds. The maximum absolute atomic E-state index is 11.6. The van der Waals surface area contributed by atoms with Crippen molar-refractivity contribution in [3.8, 4) is 0 Å². The summed E-state index contributed by atoms with van der Waals surface area (Å²) in [7, 11) is 1.37. The van der Waals surface area contributed by atoms with Crippen LogP contribution in [0.5, 0.6) is 0 Å². The van der Waals surface area contributed by atoms with Crippen LogP contribution in [0.25, 0.3) is 0 Å². The number of hydrogen-bond donors (Lipinski definition) is 0. The molecule has 0 aromatic heterocycles. The molecule has 0 aliphatic heterocycles. The van der Waals surface area contributed by atoms with Crippen molar-refractivity contribution in [3.05, 3.63) is 0 Å². The monoisotopic (exact) mass is 196 g/mol. The van der Waals surface area contributed by atoms with Crippen molar-refractivity contribution in [1.29, 1.82) is 0 Å². The Morgan fingerprint density at radius 1 is 1.36 bits per heavy atom. The number of hydrogen-bond acceptors (Lipinski definition) is 3. The second-order valence-electron chi connectivity index (χ2n) is 4.38. The molecule has 0 spiro atoms. The van der Waals surface area contributed by atoms with Crippen LogP contribution in [0, 0.1) is 17.8 Å². The summed E-state index contributed by atoms with van der Waals surface area (Å²) in [5.41, 5.74) is 0. The zero-order valence-corrected chi connectivity index (χ0v) is 8.49. The quantitative estimate of drug-likeness (QED) is 0.472. The number of rotatable bonds is 1. The van der Waals surface area contributed by atoms with E-state index >= 15 is 0 Å². The smallest absolute Gasteiger partial charge is 0.316 e. The third kappa shape index (κ3) is 1.45. The summed E-state index contributed by atoms with van der Waals surface area (Å²) in [6.07, 6.45) is 5.11. The zero-order valence-electron chi connectivity index (χ0n) is 8.49. The van der Waals surface area contributed by atoms with Crippen LogP contribution in [0.2, 0.25) is 0 Å². The Bertz CT molecular complexity index is 259. The highest BCUT2D eigenvalue weighted by atomic mass is 16.5. The number of carbonyl (C=O) groups excluding carboxylic acids is 2. The summed E-state index contributed by atoms with van der Waals surface area (Å²) in [6.45, 7) is 0. The number of ether oxygens (including phenoxy) is 1. The molecule has 2 rings (SSSR count). The number of ketones is 1. The van der Waals surface area contributed by atoms with Gasteiger partial charge in [0.25, 0.3) is 0 Å². The van der Waals surface area contributed by atoms with E-state index in [1.807, 2.05) is 0 Å². The van der Waals surface area contributed by atoms with Crippen LogP contribution in [0.3, 0.4) is 0 Å². The molecule has 2 aliphatic rings. The molecule has 0 aromatic carbocycles. The van der Waals surface area contributed by atoms with Crippen molar-refractivity contribution >= 4 is 11.8 Å². The minimum Gasteiger partial charge on any atom is -0.468 e. The van der Waals surface area contributed by atoms with E-state index in [1.165, 1.54) is 13.5 Å². The summed E-state index contributed by atoms with van der Waals surface area (Å²) in [5, 5.41) is 0. The summed E-state index contributed by atoms with van der Waals surface area (Å²) in [6, 6.07) is 0. The van der Waals surface area contributed by atoms with Crippen molar-refractivity contribution in [2.75, 3.05) is 7.11 Å². The van der Waals surface area contributed by atoms with E-state index in [1.54, 1.807) is 0 Å². The number of carbonyl (C=O) groups is 2. The molecule has 0 heterocycles. The molecule has 3 heteroatoms. The van der Waals surface area contributed by atoms with Gasteiger partial charge in [0, 0.05) is 6.42 Å². The van der Waals surface area contributed by atoms with Gasteiger partial charge in [-0.25, -0.2) is 0 Å². The van der Waals surface area contributed by atoms with E-state index in [0.29, 0.717) is 12.3 Å². The Balaban J connectivity index is 2.15. The Morgan fingerprint density at radius 3 is 2.79 bits per heavy atom. The third-order valence-electron chi connectivity index (χ3n) is 3.66. The summed E-state index contributed by atoms with van der Waals surface area (Å²) in [5.74, 6) is 0.0903. The van der Waals surface area contributed by atoms with Gasteiger partial charge >= 0.3 is 5.97 Å². The summed E-state index contributed by atoms with van der Waals surface area (Å²) >= 11 is 0. The zero-order chi connectivity index (χ0) is 10.1. The lowest BCUT2D eigenvalue weighted by Gasteiger charge is -2.26. The highest BCUT2D eigenvalue weighted by molar-refractivity contribution is 6.01. The normalized spacial score (nSPS) is 36.6. The molecule has 3 atom stereocenters. The van der Waals surface area contributed by atoms with E-state index in [4.69, 9.17) is 4.74 Å². The molecule has 0 N–H and O–H groups in total. The predicted molar refractivity (Wildman–Crippen MR) is 50.6 cm³/mol. The van der Waals surface area contributed by atoms with Crippen LogP contribution in [0.1, 0.15) is 32.1 Å². The van der Waals surface area contributed by atoms with Gasteiger partial charge in [-0.2, -0.15) is 0 Å². The molecule has 3 nitrogen and oxygen atoms in total. The lowest BCUT2D eigenvalue weighted by atomic mass is 9.78. The molecule has 0 radical (unpaired) electrons. The minimum absolute atomic E-state index is 0.105. The molecule has 14 heavy (non-hydrogen) atoms. The van der Waals surface area contributed by atoms with E-state index in [-0.39, 0.29) is 17.7 Å². The molecule has 78 valence electrons. The van der Waals surface area contributed by atoms with Crippen molar-refractivity contribution < 1.29 is 14.3 Å². The fourth-order valence-electron chi connectivity index (χ4n) is 2.99. The lowest BCUT2D eigenvalue weighted by Crippen LogP contribution is -2.28. The number of fused-ring (bicyclic) bond motifs is 1. The van der Waals surface area contributed by atoms with Crippen molar-refractivity contribution in [1.82, 2.24) is 0 Å². The molecule has 0 aromatic rings. The first-order chi connectivity index (χ1) is 6.74. The molecule has 2 aliphatic carbocycles. The molecule has 2 saturated carbocycles. The van der Waals surface area contributed by atoms with Gasteiger partial charge in [0.1, 0.15) is 11.7 Å². The number of Topliss-reactive ketones (excluding diaryl/α,β-unsaturated/α-hetero) is 1. The van der Waals surface area contributed by atoms with E-state index in [0.717, 1.165) is 19.3 Å². The first-order valence-electron chi connectivity index (χ1n) is 5.34. The van der Waals surface area contributed by atoms with Crippen molar-refractivity contribution in [3.63, 3.8) is 0 Å². The Morgan fingerprint density at radius 2 is 2.07 bits per heavy atom. The lowest BCUT2D eigenvalue weighted by molar-refractivity contribution is -0.150. The third-order valence-corrected chi connectivity index (χ3v) is 3.66. The maximum atomic E-state index is 11.6. The van der Waals surface area contributed by atoms with E-state index in [2.05, 4.69) is 0 Å². The van der Waals surface area contributed by atoms with Gasteiger partial charge in [0.2, 0.25) is 0 Å². The summed E-state index contributed by atoms with van der Waals surface area (Å²) in [4.78, 5) is 23.1. The van der Waals surface area contributed by atoms with Crippen LogP contribution >= 0.6 is 0 Å². The van der Waals surface area contributed by atoms with Gasteiger partial charge in [-0.05, 0) is 24.7 Å². The van der Waals surface area contributed by atoms with Crippen molar-refractivity contribution in [2.45, 2.75) is 32.1 Å². The number of esters is 1. The van der Waals surface area contributed by atoms with Gasteiger partial charge in [-0.15, -0.1) is 0 Å². The van der Waals surface area contributed by atoms with Crippen LogP contribution < -0.4 is 0 Å². The van der Waals surface area contributed by atoms with Gasteiger partial charge in [0.05, 0.1) is 7.11 Å². The molecular formula is C11H16O3. The minimum atomic E-state index is -0.440. The van der Waals surface area contributed by atoms with E-state index in [9.17, 15) is 9.59 Å². The summed E-state index contributed by atoms with van der Waals surface area (Å²) < 4.78 is 4.69. The van der Waals surface area contributed by atoms with Gasteiger partial charge < -0.3 is 4.74 Å². The van der Waals surface area contributed by atoms with E-state index < -0.39 is 5.92 Å². The fourth-order valence-corrected chi connectivity index (χ4v) is 2.99. The maximum Gasteiger partial charge on any atom is 0.316 e. The average molecular weight is 196 g/mol. The average Bonchev–Trinajstić information content (AvgIpc) is 2.53. The number of methoxy groups -OCH3 is 1. The molecule has 0 bridgehead atoms. The predicted octanol–water partition coefficient (Wildman–Crippen LogP) is 1.55. The van der Waals surface area contributed by atoms with Crippen molar-refractivity contribution in [2.24, 2.45) is 17.8 Å². The first kappa shape index (κ1) is 9.69.